The molecule has 1 fully saturated rings. The summed E-state index contributed by atoms with van der Waals surface area (Å²) in [7, 11) is 1.95. The van der Waals surface area contributed by atoms with Crippen molar-refractivity contribution >= 4 is 17.5 Å². The Morgan fingerprint density at radius 3 is 2.48 bits per heavy atom. The Labute approximate surface area is 332 Å². The summed E-state index contributed by atoms with van der Waals surface area (Å²) in [5, 5.41) is 27.1. The number of H-pyrrole nitrogens is 1. The largest absolute Gasteiger partial charge is 0.493 e. The molecule has 1 aliphatic rings. The minimum Gasteiger partial charge on any atom is -0.493 e. The van der Waals surface area contributed by atoms with Crippen molar-refractivity contribution in [1.29, 1.82) is 5.26 Å². The summed E-state index contributed by atoms with van der Waals surface area (Å²) in [4.78, 5) is 20.0. The number of aromatic nitrogens is 5. The maximum absolute atomic E-state index is 11.4. The van der Waals surface area contributed by atoms with Crippen molar-refractivity contribution in [3.05, 3.63) is 111 Å². The number of pyridine rings is 1. The molecular weight excluding hydrogens is 730 g/mol. The minimum absolute atomic E-state index is 0.0473. The van der Waals surface area contributed by atoms with Crippen LogP contribution < -0.4 is 19.5 Å². The Kier molecular flexibility index (Phi) is 13.9. The standard InChI is InChI=1S/C42H48ClN9O4/c1-28-33(8-5-9-36(28)37-10-6-11-39(29(37)2)54-17-7-14-52-15-12-35(13-16-52)46-30(3)53)27-56-41-20-40(55-26-32-18-31(21-44)22-45-23-32)34(19-38(41)43)24-51(4)25-42-47-49-50-48-42/h5-6,8-11,18-20,22-23,35H,7,12-17,24-27H2,1-4H3,(H,46,53)(H,47,48,49,50). The number of nitrogens with zero attached hydrogens (tertiary/aromatic N) is 7. The van der Waals surface area contributed by atoms with Gasteiger partial charge in [-0.25, -0.2) is 0 Å². The molecule has 3 heterocycles. The lowest BCUT2D eigenvalue weighted by Crippen LogP contribution is -2.44. The number of likely N-dealkylation sites (tertiary alicyclic amines) is 1. The average molecular weight is 778 g/mol. The van der Waals surface area contributed by atoms with Crippen LogP contribution in [0.15, 0.2) is 67.0 Å². The lowest BCUT2D eigenvalue weighted by atomic mass is 9.93. The summed E-state index contributed by atoms with van der Waals surface area (Å²) in [6, 6.07) is 20.3. The smallest absolute Gasteiger partial charge is 0.217 e. The summed E-state index contributed by atoms with van der Waals surface area (Å²) < 4.78 is 19.0. The summed E-state index contributed by atoms with van der Waals surface area (Å²) in [6.45, 7) is 10.8. The number of hydrogen-bond donors (Lipinski definition) is 2. The molecule has 2 aromatic heterocycles. The third-order valence-corrected chi connectivity index (χ3v) is 10.2. The van der Waals surface area contributed by atoms with E-state index in [0.29, 0.717) is 54.2 Å². The molecule has 13 nitrogen and oxygen atoms in total. The molecular formula is C42H48ClN9O4. The predicted molar refractivity (Wildman–Crippen MR) is 213 cm³/mol. The van der Waals surface area contributed by atoms with Crippen molar-refractivity contribution in [2.75, 3.05) is 33.3 Å². The van der Waals surface area contributed by atoms with Crippen LogP contribution >= 0.6 is 11.6 Å². The molecule has 0 spiro atoms. The highest BCUT2D eigenvalue weighted by Gasteiger charge is 2.20. The first kappa shape index (κ1) is 40.1. The van der Waals surface area contributed by atoms with Crippen LogP contribution in [0.1, 0.15) is 65.4 Å². The van der Waals surface area contributed by atoms with Gasteiger partial charge in [-0.1, -0.05) is 47.1 Å². The predicted octanol–water partition coefficient (Wildman–Crippen LogP) is 6.56. The molecule has 1 amide bonds. The molecule has 0 saturated carbocycles. The third-order valence-electron chi connectivity index (χ3n) is 9.95. The van der Waals surface area contributed by atoms with E-state index >= 15 is 0 Å². The second kappa shape index (κ2) is 19.4. The molecule has 6 rings (SSSR count). The number of piperidine rings is 1. The summed E-state index contributed by atoms with van der Waals surface area (Å²) in [5.74, 6) is 2.58. The van der Waals surface area contributed by atoms with Gasteiger partial charge in [0.2, 0.25) is 5.91 Å². The molecule has 5 aromatic rings. The number of benzene rings is 3. The zero-order valence-electron chi connectivity index (χ0n) is 32.3. The van der Waals surface area contributed by atoms with Gasteiger partial charge in [0.15, 0.2) is 5.82 Å². The molecule has 0 bridgehead atoms. The maximum Gasteiger partial charge on any atom is 0.217 e. The summed E-state index contributed by atoms with van der Waals surface area (Å²) in [6.07, 6.45) is 6.10. The van der Waals surface area contributed by atoms with Gasteiger partial charge in [0.05, 0.1) is 23.7 Å². The van der Waals surface area contributed by atoms with Crippen LogP contribution in [0.3, 0.4) is 0 Å². The lowest BCUT2D eigenvalue weighted by Gasteiger charge is -2.32. The van der Waals surface area contributed by atoms with Gasteiger partial charge in [0, 0.05) is 68.7 Å². The molecule has 2 N–H and O–H groups in total. The summed E-state index contributed by atoms with van der Waals surface area (Å²) >= 11 is 6.86. The SMILES string of the molecule is CC(=O)NC1CCN(CCCOc2cccc(-c3cccc(COc4cc(OCc5cncc(C#N)c5)c(CN(C)Cc5nn[nH]n5)cc4Cl)c3C)c2C)CC1. The molecule has 1 saturated heterocycles. The van der Waals surface area contributed by atoms with Crippen molar-refractivity contribution in [3.63, 3.8) is 0 Å². The van der Waals surface area contributed by atoms with E-state index in [1.54, 1.807) is 19.2 Å². The zero-order valence-corrected chi connectivity index (χ0v) is 33.1. The minimum atomic E-state index is 0.0473. The molecule has 56 heavy (non-hydrogen) atoms. The topological polar surface area (TPSA) is 154 Å². The lowest BCUT2D eigenvalue weighted by molar-refractivity contribution is -0.119. The fourth-order valence-corrected chi connectivity index (χ4v) is 7.22. The van der Waals surface area contributed by atoms with Crippen LogP contribution in [0.25, 0.3) is 11.1 Å². The first-order valence-corrected chi connectivity index (χ1v) is 19.2. The molecule has 292 valence electrons. The van der Waals surface area contributed by atoms with Gasteiger partial charge in [0.25, 0.3) is 0 Å². The molecule has 0 aliphatic carbocycles. The highest BCUT2D eigenvalue weighted by molar-refractivity contribution is 6.32. The van der Waals surface area contributed by atoms with E-state index in [0.717, 1.165) is 83.6 Å². The Hall–Kier alpha value is -5.55. The summed E-state index contributed by atoms with van der Waals surface area (Å²) in [5.41, 5.74) is 7.51. The highest BCUT2D eigenvalue weighted by atomic mass is 35.5. The number of amides is 1. The van der Waals surface area contributed by atoms with Crippen molar-refractivity contribution in [2.45, 2.75) is 72.4 Å². The Bertz CT molecular complexity index is 2130. The number of rotatable bonds is 17. The second-order valence-electron chi connectivity index (χ2n) is 14.2. The molecule has 0 unspecified atom stereocenters. The zero-order chi connectivity index (χ0) is 39.4. The van der Waals surface area contributed by atoms with Crippen molar-refractivity contribution < 1.29 is 19.0 Å². The quantitative estimate of drug-likeness (QED) is 0.0987. The van der Waals surface area contributed by atoms with E-state index in [-0.39, 0.29) is 18.6 Å². The van der Waals surface area contributed by atoms with Gasteiger partial charge in [-0.3, -0.25) is 14.7 Å². The van der Waals surface area contributed by atoms with E-state index in [2.05, 4.69) is 73.9 Å². The van der Waals surface area contributed by atoms with Gasteiger partial charge in [-0.15, -0.1) is 10.2 Å². The van der Waals surface area contributed by atoms with Gasteiger partial charge >= 0.3 is 0 Å². The average Bonchev–Trinajstić information content (AvgIpc) is 3.70. The number of carbonyl (C=O) groups excluding carboxylic acids is 1. The van der Waals surface area contributed by atoms with E-state index in [9.17, 15) is 10.1 Å². The van der Waals surface area contributed by atoms with E-state index in [1.807, 2.05) is 42.3 Å². The Morgan fingerprint density at radius 2 is 1.73 bits per heavy atom. The maximum atomic E-state index is 11.4. The molecule has 0 radical (unpaired) electrons. The van der Waals surface area contributed by atoms with E-state index in [4.69, 9.17) is 25.8 Å². The van der Waals surface area contributed by atoms with Gasteiger partial charge in [0.1, 0.15) is 36.5 Å². The monoisotopic (exact) mass is 777 g/mol. The second-order valence-corrected chi connectivity index (χ2v) is 14.6. The van der Waals surface area contributed by atoms with Gasteiger partial charge in [-0.05, 0) is 86.2 Å². The number of ether oxygens (including phenoxy) is 3. The number of halogens is 1. The van der Waals surface area contributed by atoms with Crippen molar-refractivity contribution in [1.82, 2.24) is 40.7 Å². The highest BCUT2D eigenvalue weighted by Crippen LogP contribution is 2.37. The van der Waals surface area contributed by atoms with Crippen LogP contribution in [0.5, 0.6) is 17.2 Å². The number of nitriles is 1. The first-order chi connectivity index (χ1) is 27.2. The number of nitrogens with one attached hydrogen (secondary N) is 2. The van der Waals surface area contributed by atoms with Gasteiger partial charge in [-0.2, -0.15) is 10.5 Å². The number of tetrazole rings is 1. The molecule has 3 aromatic carbocycles. The van der Waals surface area contributed by atoms with Crippen LogP contribution in [-0.4, -0.2) is 80.6 Å². The molecule has 14 heteroatoms. The van der Waals surface area contributed by atoms with Crippen LogP contribution in [-0.2, 0) is 31.1 Å². The Balaban J connectivity index is 1.12. The third kappa shape index (κ3) is 10.8. The van der Waals surface area contributed by atoms with Crippen LogP contribution in [0.2, 0.25) is 5.02 Å². The normalized spacial score (nSPS) is 13.4. The first-order valence-electron chi connectivity index (χ1n) is 18.8. The van der Waals surface area contributed by atoms with E-state index in [1.165, 1.54) is 6.20 Å². The van der Waals surface area contributed by atoms with Crippen molar-refractivity contribution in [2.24, 2.45) is 0 Å². The number of hydrogen-bond acceptors (Lipinski definition) is 11. The Morgan fingerprint density at radius 1 is 0.964 bits per heavy atom. The molecule has 0 atom stereocenters. The van der Waals surface area contributed by atoms with Crippen molar-refractivity contribution in [3.8, 4) is 34.4 Å². The van der Waals surface area contributed by atoms with Gasteiger partial charge < -0.3 is 24.4 Å². The van der Waals surface area contributed by atoms with Crippen LogP contribution in [0, 0.1) is 25.2 Å². The number of aromatic amines is 1. The number of carbonyl (C=O) groups is 1. The fourth-order valence-electron chi connectivity index (χ4n) is 6.98. The van der Waals surface area contributed by atoms with E-state index < -0.39 is 0 Å². The molecule has 1 aliphatic heterocycles. The fraction of sp³-hybridized carbons (Fsp3) is 0.381. The van der Waals surface area contributed by atoms with Crippen LogP contribution in [0.4, 0.5) is 0 Å².